The fourth-order valence-electron chi connectivity index (χ4n) is 3.15. The monoisotopic (exact) mass is 427 g/mol. The van der Waals surface area contributed by atoms with Crippen LogP contribution in [0.5, 0.6) is 5.75 Å². The lowest BCUT2D eigenvalue weighted by molar-refractivity contribution is -0.384. The number of nitrogens with zero attached hydrogens (tertiary/aromatic N) is 2. The zero-order valence-electron chi connectivity index (χ0n) is 17.3. The standard InChI is InChI=1S/C22H25N3O6/c1-16-6-9-18(10-7-16)30-14-3-2-12-23-21(26)5-4-13-24-19-11-8-17(25(28)29)15-20(19)31-22(24)27/h6-11,15H,2-5,12-14H2,1H3,(H,23,26). The van der Waals surface area contributed by atoms with Crippen LogP contribution in [0.2, 0.25) is 0 Å². The van der Waals surface area contributed by atoms with Crippen LogP contribution in [0.1, 0.15) is 31.2 Å². The molecule has 0 aliphatic heterocycles. The maximum absolute atomic E-state index is 12.0. The summed E-state index contributed by atoms with van der Waals surface area (Å²) in [5.74, 6) is 0.159. The van der Waals surface area contributed by atoms with Crippen molar-refractivity contribution in [3.8, 4) is 5.75 Å². The summed E-state index contributed by atoms with van der Waals surface area (Å²) in [6.45, 7) is 3.47. The minimum Gasteiger partial charge on any atom is -0.494 e. The zero-order chi connectivity index (χ0) is 22.2. The van der Waals surface area contributed by atoms with Crippen molar-refractivity contribution < 1.29 is 18.9 Å². The molecule has 9 heteroatoms. The second-order valence-electron chi connectivity index (χ2n) is 7.25. The van der Waals surface area contributed by atoms with E-state index in [1.54, 1.807) is 0 Å². The Kier molecular flexibility index (Phi) is 7.42. The number of benzene rings is 2. The third-order valence-electron chi connectivity index (χ3n) is 4.83. The first-order valence-electron chi connectivity index (χ1n) is 10.2. The van der Waals surface area contributed by atoms with Crippen LogP contribution in [0.15, 0.2) is 51.7 Å². The van der Waals surface area contributed by atoms with Gasteiger partial charge < -0.3 is 14.5 Å². The topological polar surface area (TPSA) is 117 Å². The van der Waals surface area contributed by atoms with Gasteiger partial charge in [0.15, 0.2) is 5.58 Å². The highest BCUT2D eigenvalue weighted by molar-refractivity contribution is 5.76. The van der Waals surface area contributed by atoms with E-state index in [4.69, 9.17) is 9.15 Å². The summed E-state index contributed by atoms with van der Waals surface area (Å²) in [4.78, 5) is 34.3. The van der Waals surface area contributed by atoms with Crippen molar-refractivity contribution in [3.05, 3.63) is 68.7 Å². The van der Waals surface area contributed by atoms with Gasteiger partial charge in [-0.3, -0.25) is 19.5 Å². The molecule has 0 fully saturated rings. The van der Waals surface area contributed by atoms with Crippen LogP contribution in [-0.4, -0.2) is 28.5 Å². The van der Waals surface area contributed by atoms with Crippen LogP contribution in [0.3, 0.4) is 0 Å². The number of aryl methyl sites for hydroxylation is 2. The Hall–Kier alpha value is -3.62. The van der Waals surface area contributed by atoms with E-state index < -0.39 is 10.7 Å². The number of rotatable bonds is 11. The smallest absolute Gasteiger partial charge is 0.419 e. The van der Waals surface area contributed by atoms with Gasteiger partial charge in [-0.2, -0.15) is 0 Å². The van der Waals surface area contributed by atoms with Gasteiger partial charge in [0.05, 0.1) is 23.1 Å². The number of carbonyl (C=O) groups excluding carboxylic acids is 1. The first kappa shape index (κ1) is 22.1. The predicted molar refractivity (Wildman–Crippen MR) is 115 cm³/mol. The summed E-state index contributed by atoms with van der Waals surface area (Å²) in [6.07, 6.45) is 2.36. The van der Waals surface area contributed by atoms with E-state index in [1.165, 1.54) is 28.3 Å². The number of hydrogen-bond acceptors (Lipinski definition) is 6. The zero-order valence-corrected chi connectivity index (χ0v) is 17.3. The maximum Gasteiger partial charge on any atom is 0.419 e. The summed E-state index contributed by atoms with van der Waals surface area (Å²) in [5.41, 5.74) is 1.68. The molecule has 0 spiro atoms. The summed E-state index contributed by atoms with van der Waals surface area (Å²) in [7, 11) is 0. The molecule has 3 aromatic rings. The Morgan fingerprint density at radius 2 is 1.94 bits per heavy atom. The minimum absolute atomic E-state index is 0.0871. The maximum atomic E-state index is 12.0. The number of unbranched alkanes of at least 4 members (excludes halogenated alkanes) is 1. The molecule has 0 bridgehead atoms. The molecule has 0 aliphatic rings. The third-order valence-corrected chi connectivity index (χ3v) is 4.83. The molecular weight excluding hydrogens is 402 g/mol. The first-order valence-corrected chi connectivity index (χ1v) is 10.2. The number of nitrogens with one attached hydrogen (secondary N) is 1. The van der Waals surface area contributed by atoms with Crippen LogP contribution in [0.4, 0.5) is 5.69 Å². The van der Waals surface area contributed by atoms with E-state index in [1.807, 2.05) is 31.2 Å². The van der Waals surface area contributed by atoms with Gasteiger partial charge >= 0.3 is 5.76 Å². The first-order chi connectivity index (χ1) is 14.9. The average Bonchev–Trinajstić information content (AvgIpc) is 3.06. The van der Waals surface area contributed by atoms with Gasteiger partial charge in [-0.15, -0.1) is 0 Å². The number of nitro groups is 1. The second kappa shape index (κ2) is 10.4. The Morgan fingerprint density at radius 1 is 1.16 bits per heavy atom. The lowest BCUT2D eigenvalue weighted by Crippen LogP contribution is -2.25. The number of hydrogen-bond donors (Lipinski definition) is 1. The molecular formula is C22H25N3O6. The molecule has 164 valence electrons. The van der Waals surface area contributed by atoms with Crippen molar-refractivity contribution in [1.29, 1.82) is 0 Å². The molecule has 0 aliphatic carbocycles. The van der Waals surface area contributed by atoms with Gasteiger partial charge in [0, 0.05) is 25.6 Å². The lowest BCUT2D eigenvalue weighted by atomic mass is 10.2. The molecule has 0 radical (unpaired) electrons. The van der Waals surface area contributed by atoms with E-state index >= 15 is 0 Å². The molecule has 9 nitrogen and oxygen atoms in total. The Bertz CT molecular complexity index is 1100. The van der Waals surface area contributed by atoms with E-state index in [0.29, 0.717) is 31.6 Å². The van der Waals surface area contributed by atoms with E-state index in [2.05, 4.69) is 5.32 Å². The number of non-ortho nitro benzene ring substituents is 1. The van der Waals surface area contributed by atoms with Crippen LogP contribution >= 0.6 is 0 Å². The summed E-state index contributed by atoms with van der Waals surface area (Å²) in [6, 6.07) is 11.9. The molecule has 0 saturated carbocycles. The van der Waals surface area contributed by atoms with Crippen molar-refractivity contribution in [3.63, 3.8) is 0 Å². The fourth-order valence-corrected chi connectivity index (χ4v) is 3.15. The van der Waals surface area contributed by atoms with Gasteiger partial charge in [0.1, 0.15) is 5.75 Å². The SMILES string of the molecule is Cc1ccc(OCCCCNC(=O)CCCn2c(=O)oc3cc([N+](=O)[O-])ccc32)cc1. The van der Waals surface area contributed by atoms with Crippen LogP contribution in [-0.2, 0) is 11.3 Å². The quantitative estimate of drug-likeness (QED) is 0.284. The highest BCUT2D eigenvalue weighted by Crippen LogP contribution is 2.20. The lowest BCUT2D eigenvalue weighted by Gasteiger charge is -2.08. The normalized spacial score (nSPS) is 10.9. The Labute approximate surface area is 178 Å². The largest absolute Gasteiger partial charge is 0.494 e. The second-order valence-corrected chi connectivity index (χ2v) is 7.25. The van der Waals surface area contributed by atoms with Gasteiger partial charge in [-0.05, 0) is 44.4 Å². The number of oxazole rings is 1. The third kappa shape index (κ3) is 6.18. The van der Waals surface area contributed by atoms with Crippen molar-refractivity contribution in [2.45, 2.75) is 39.2 Å². The minimum atomic E-state index is -0.593. The summed E-state index contributed by atoms with van der Waals surface area (Å²) >= 11 is 0. The van der Waals surface area contributed by atoms with Crippen molar-refractivity contribution in [2.75, 3.05) is 13.2 Å². The van der Waals surface area contributed by atoms with Crippen LogP contribution < -0.4 is 15.8 Å². The molecule has 1 heterocycles. The molecule has 1 amide bonds. The van der Waals surface area contributed by atoms with E-state index in [9.17, 15) is 19.7 Å². The van der Waals surface area contributed by atoms with Gasteiger partial charge in [0.25, 0.3) is 5.69 Å². The van der Waals surface area contributed by atoms with Crippen molar-refractivity contribution >= 4 is 22.7 Å². The molecule has 2 aromatic carbocycles. The van der Waals surface area contributed by atoms with E-state index in [-0.39, 0.29) is 23.6 Å². The fraction of sp³-hybridized carbons (Fsp3) is 0.364. The molecule has 3 rings (SSSR count). The number of aromatic nitrogens is 1. The molecule has 1 aromatic heterocycles. The predicted octanol–water partition coefficient (Wildman–Crippen LogP) is 3.57. The van der Waals surface area contributed by atoms with Crippen molar-refractivity contribution in [2.24, 2.45) is 0 Å². The van der Waals surface area contributed by atoms with Gasteiger partial charge in [0.2, 0.25) is 5.91 Å². The molecule has 0 unspecified atom stereocenters. The highest BCUT2D eigenvalue weighted by Gasteiger charge is 2.14. The number of fused-ring (bicyclic) bond motifs is 1. The number of amides is 1. The number of nitro benzene ring substituents is 1. The molecule has 31 heavy (non-hydrogen) atoms. The molecule has 1 N–H and O–H groups in total. The molecule has 0 atom stereocenters. The highest BCUT2D eigenvalue weighted by atomic mass is 16.6. The van der Waals surface area contributed by atoms with Gasteiger partial charge in [-0.1, -0.05) is 17.7 Å². The Morgan fingerprint density at radius 3 is 2.68 bits per heavy atom. The number of ether oxygens (including phenoxy) is 1. The average molecular weight is 427 g/mol. The van der Waals surface area contributed by atoms with Crippen LogP contribution in [0, 0.1) is 17.0 Å². The summed E-state index contributed by atoms with van der Waals surface area (Å²) < 4.78 is 12.1. The Balaban J connectivity index is 1.35. The molecule has 0 saturated heterocycles. The van der Waals surface area contributed by atoms with Crippen LogP contribution in [0.25, 0.3) is 11.1 Å². The van der Waals surface area contributed by atoms with E-state index in [0.717, 1.165) is 18.6 Å². The van der Waals surface area contributed by atoms with Gasteiger partial charge in [-0.25, -0.2) is 4.79 Å². The van der Waals surface area contributed by atoms with Crippen molar-refractivity contribution in [1.82, 2.24) is 9.88 Å². The number of carbonyl (C=O) groups is 1. The summed E-state index contributed by atoms with van der Waals surface area (Å²) in [5, 5.41) is 13.7.